The van der Waals surface area contributed by atoms with Gasteiger partial charge in [-0.1, -0.05) is 35.9 Å². The Morgan fingerprint density at radius 1 is 1.10 bits per heavy atom. The number of imidazole rings is 1. The molecule has 0 radical (unpaired) electrons. The lowest BCUT2D eigenvalue weighted by molar-refractivity contribution is 0.252. The lowest BCUT2D eigenvalue weighted by atomic mass is 10.2. The van der Waals surface area contributed by atoms with E-state index in [0.29, 0.717) is 23.7 Å². The Hall–Kier alpha value is -3.38. The molecule has 7 heteroatoms. The van der Waals surface area contributed by atoms with Crippen LogP contribution < -0.4 is 10.6 Å². The van der Waals surface area contributed by atoms with E-state index >= 15 is 0 Å². The van der Waals surface area contributed by atoms with Gasteiger partial charge in [0, 0.05) is 24.8 Å². The minimum absolute atomic E-state index is 0.307. The van der Waals surface area contributed by atoms with Crippen molar-refractivity contribution in [2.24, 2.45) is 0 Å². The summed E-state index contributed by atoms with van der Waals surface area (Å²) in [5.41, 5.74) is 4.21. The molecule has 0 unspecified atom stereocenters. The SMILES string of the molecule is Cc1ccc(Cl)c(NC(=O)NCCc2nc3cccnc3n2-c2ccccc2)c1. The number of hydrogen-bond donors (Lipinski definition) is 2. The van der Waals surface area contributed by atoms with Crippen molar-refractivity contribution in [1.82, 2.24) is 19.9 Å². The maximum Gasteiger partial charge on any atom is 0.319 e. The molecule has 4 aromatic rings. The van der Waals surface area contributed by atoms with Crippen LogP contribution in [-0.2, 0) is 6.42 Å². The Morgan fingerprint density at radius 2 is 1.93 bits per heavy atom. The number of anilines is 1. The number of rotatable bonds is 5. The largest absolute Gasteiger partial charge is 0.337 e. The van der Waals surface area contributed by atoms with Gasteiger partial charge in [-0.25, -0.2) is 14.8 Å². The van der Waals surface area contributed by atoms with Crippen LogP contribution in [0.15, 0.2) is 66.9 Å². The van der Waals surface area contributed by atoms with Crippen molar-refractivity contribution in [2.45, 2.75) is 13.3 Å². The number of aryl methyl sites for hydroxylation is 1. The number of carbonyl (C=O) groups excluding carboxylic acids is 1. The van der Waals surface area contributed by atoms with Crippen molar-refractivity contribution in [1.29, 1.82) is 0 Å². The van der Waals surface area contributed by atoms with E-state index in [1.807, 2.05) is 66.1 Å². The zero-order chi connectivity index (χ0) is 20.2. The number of pyridine rings is 1. The van der Waals surface area contributed by atoms with E-state index in [1.165, 1.54) is 0 Å². The monoisotopic (exact) mass is 405 g/mol. The molecular weight excluding hydrogens is 386 g/mol. The molecule has 0 aliphatic carbocycles. The molecule has 0 aliphatic rings. The number of amides is 2. The van der Waals surface area contributed by atoms with Gasteiger partial charge in [-0.3, -0.25) is 4.57 Å². The van der Waals surface area contributed by atoms with Crippen molar-refractivity contribution in [3.05, 3.63) is 83.3 Å². The molecule has 2 heterocycles. The van der Waals surface area contributed by atoms with Crippen molar-refractivity contribution in [2.75, 3.05) is 11.9 Å². The molecule has 0 atom stereocenters. The molecule has 0 spiro atoms. The third-order valence-electron chi connectivity index (χ3n) is 4.50. The first kappa shape index (κ1) is 19.0. The van der Waals surface area contributed by atoms with E-state index in [9.17, 15) is 4.79 Å². The van der Waals surface area contributed by atoms with Gasteiger partial charge in [0.2, 0.25) is 0 Å². The summed E-state index contributed by atoms with van der Waals surface area (Å²) in [6.45, 7) is 2.37. The number of fused-ring (bicyclic) bond motifs is 1. The van der Waals surface area contributed by atoms with E-state index in [4.69, 9.17) is 16.6 Å². The van der Waals surface area contributed by atoms with E-state index < -0.39 is 0 Å². The molecule has 2 amide bonds. The van der Waals surface area contributed by atoms with Crippen LogP contribution in [-0.4, -0.2) is 27.1 Å². The molecule has 2 N–H and O–H groups in total. The minimum Gasteiger partial charge on any atom is -0.337 e. The summed E-state index contributed by atoms with van der Waals surface area (Å²) >= 11 is 6.14. The molecule has 2 aromatic carbocycles. The van der Waals surface area contributed by atoms with Crippen LogP contribution in [0.5, 0.6) is 0 Å². The second kappa shape index (κ2) is 8.32. The average Bonchev–Trinajstić information content (AvgIpc) is 3.09. The van der Waals surface area contributed by atoms with E-state index in [2.05, 4.69) is 15.6 Å². The highest BCUT2D eigenvalue weighted by Crippen LogP contribution is 2.23. The van der Waals surface area contributed by atoms with Crippen LogP contribution in [0.3, 0.4) is 0 Å². The summed E-state index contributed by atoms with van der Waals surface area (Å²) in [5.74, 6) is 0.832. The standard InChI is InChI=1S/C22H20ClN5O/c1-15-9-10-17(23)19(14-15)27-22(29)25-13-11-20-26-18-8-5-12-24-21(18)28(20)16-6-3-2-4-7-16/h2-10,12,14H,11,13H2,1H3,(H2,25,27,29). The van der Waals surface area contributed by atoms with Gasteiger partial charge >= 0.3 is 6.03 Å². The van der Waals surface area contributed by atoms with Crippen molar-refractivity contribution >= 4 is 34.5 Å². The topological polar surface area (TPSA) is 71.8 Å². The van der Waals surface area contributed by atoms with Crippen molar-refractivity contribution in [3.63, 3.8) is 0 Å². The lowest BCUT2D eigenvalue weighted by Crippen LogP contribution is -2.31. The summed E-state index contributed by atoms with van der Waals surface area (Å²) in [6.07, 6.45) is 2.31. The van der Waals surface area contributed by atoms with Crippen LogP contribution in [0.4, 0.5) is 10.5 Å². The Kier molecular flexibility index (Phi) is 5.44. The number of carbonyl (C=O) groups is 1. The van der Waals surface area contributed by atoms with Gasteiger partial charge in [-0.15, -0.1) is 0 Å². The number of nitrogens with zero attached hydrogens (tertiary/aromatic N) is 3. The average molecular weight is 406 g/mol. The van der Waals surface area contributed by atoms with Crippen molar-refractivity contribution in [3.8, 4) is 5.69 Å². The molecule has 0 fully saturated rings. The van der Waals surface area contributed by atoms with Crippen LogP contribution in [0.1, 0.15) is 11.4 Å². The number of para-hydroxylation sites is 1. The molecule has 29 heavy (non-hydrogen) atoms. The van der Waals surface area contributed by atoms with E-state index in [1.54, 1.807) is 12.3 Å². The molecule has 0 saturated heterocycles. The van der Waals surface area contributed by atoms with Crippen LogP contribution in [0.2, 0.25) is 5.02 Å². The first-order valence-corrected chi connectivity index (χ1v) is 9.68. The summed E-state index contributed by atoms with van der Waals surface area (Å²) in [5, 5.41) is 6.16. The fourth-order valence-electron chi connectivity index (χ4n) is 3.16. The number of aromatic nitrogens is 3. The number of nitrogens with one attached hydrogen (secondary N) is 2. The van der Waals surface area contributed by atoms with Crippen LogP contribution in [0, 0.1) is 6.92 Å². The smallest absolute Gasteiger partial charge is 0.319 e. The molecule has 0 saturated carbocycles. The van der Waals surface area contributed by atoms with E-state index in [-0.39, 0.29) is 6.03 Å². The molecule has 4 rings (SSSR count). The minimum atomic E-state index is -0.307. The zero-order valence-electron chi connectivity index (χ0n) is 15.9. The van der Waals surface area contributed by atoms with Gasteiger partial charge in [-0.05, 0) is 48.9 Å². The van der Waals surface area contributed by atoms with Crippen molar-refractivity contribution < 1.29 is 4.79 Å². The first-order valence-electron chi connectivity index (χ1n) is 9.30. The van der Waals surface area contributed by atoms with Gasteiger partial charge in [0.15, 0.2) is 5.65 Å². The maximum atomic E-state index is 12.3. The second-order valence-electron chi connectivity index (χ2n) is 6.66. The summed E-state index contributed by atoms with van der Waals surface area (Å²) in [4.78, 5) is 21.5. The van der Waals surface area contributed by atoms with Crippen LogP contribution >= 0.6 is 11.6 Å². The van der Waals surface area contributed by atoms with Gasteiger partial charge in [-0.2, -0.15) is 0 Å². The number of halogens is 1. The number of hydrogen-bond acceptors (Lipinski definition) is 3. The highest BCUT2D eigenvalue weighted by molar-refractivity contribution is 6.33. The van der Waals surface area contributed by atoms with Crippen LogP contribution in [0.25, 0.3) is 16.9 Å². The Balaban J connectivity index is 1.49. The van der Waals surface area contributed by atoms with Gasteiger partial charge in [0.05, 0.1) is 10.7 Å². The third kappa shape index (κ3) is 4.22. The second-order valence-corrected chi connectivity index (χ2v) is 7.07. The predicted octanol–water partition coefficient (Wildman–Crippen LogP) is 4.75. The third-order valence-corrected chi connectivity index (χ3v) is 4.83. The Morgan fingerprint density at radius 3 is 2.76 bits per heavy atom. The molecule has 0 bridgehead atoms. The van der Waals surface area contributed by atoms with Gasteiger partial charge in [0.1, 0.15) is 11.3 Å². The first-order chi connectivity index (χ1) is 14.1. The fourth-order valence-corrected chi connectivity index (χ4v) is 3.33. The fraction of sp³-hybridized carbons (Fsp3) is 0.136. The highest BCUT2D eigenvalue weighted by Gasteiger charge is 2.13. The van der Waals surface area contributed by atoms with Gasteiger partial charge < -0.3 is 10.6 Å². The van der Waals surface area contributed by atoms with Gasteiger partial charge in [0.25, 0.3) is 0 Å². The number of urea groups is 1. The predicted molar refractivity (Wildman–Crippen MR) is 116 cm³/mol. The molecule has 0 aliphatic heterocycles. The summed E-state index contributed by atoms with van der Waals surface area (Å²) in [6, 6.07) is 18.9. The molecule has 146 valence electrons. The Bertz CT molecular complexity index is 1160. The molecular formula is C22H20ClN5O. The maximum absolute atomic E-state index is 12.3. The number of benzene rings is 2. The Labute approximate surface area is 173 Å². The summed E-state index contributed by atoms with van der Waals surface area (Å²) < 4.78 is 2.02. The lowest BCUT2D eigenvalue weighted by Gasteiger charge is -2.11. The quantitative estimate of drug-likeness (QED) is 0.503. The van der Waals surface area contributed by atoms with E-state index in [0.717, 1.165) is 28.2 Å². The normalized spacial score (nSPS) is 10.8. The zero-order valence-corrected chi connectivity index (χ0v) is 16.6. The molecule has 2 aromatic heterocycles. The highest BCUT2D eigenvalue weighted by atomic mass is 35.5. The summed E-state index contributed by atoms with van der Waals surface area (Å²) in [7, 11) is 0. The molecule has 6 nitrogen and oxygen atoms in total.